The van der Waals surface area contributed by atoms with Crippen LogP contribution in [0.25, 0.3) is 10.9 Å². The first kappa shape index (κ1) is 22.5. The van der Waals surface area contributed by atoms with Crippen molar-refractivity contribution >= 4 is 17.0 Å². The van der Waals surface area contributed by atoms with Gasteiger partial charge in [0.2, 0.25) is 5.88 Å². The normalized spacial score (nSPS) is 13.4. The molecule has 1 amide bonds. The van der Waals surface area contributed by atoms with Crippen LogP contribution in [0.3, 0.4) is 0 Å². The molecule has 1 aromatic heterocycles. The van der Waals surface area contributed by atoms with E-state index in [2.05, 4.69) is 29.4 Å². The molecule has 1 aromatic carbocycles. The van der Waals surface area contributed by atoms with E-state index in [4.69, 9.17) is 9.47 Å². The summed E-state index contributed by atoms with van der Waals surface area (Å²) in [6, 6.07) is 10.5. The van der Waals surface area contributed by atoms with Gasteiger partial charge in [-0.1, -0.05) is 19.1 Å². The number of ether oxygens (including phenoxy) is 2. The number of nitrogens with zero attached hydrogens (tertiary/aromatic N) is 2. The van der Waals surface area contributed by atoms with Crippen molar-refractivity contribution in [2.45, 2.75) is 64.9 Å². The van der Waals surface area contributed by atoms with Crippen molar-refractivity contribution in [3.63, 3.8) is 0 Å². The number of benzene rings is 1. The lowest BCUT2D eigenvalue weighted by Gasteiger charge is -2.23. The number of hydrogen-bond acceptors (Lipinski definition) is 5. The van der Waals surface area contributed by atoms with Crippen LogP contribution in [0.1, 0.15) is 58.6 Å². The van der Waals surface area contributed by atoms with Gasteiger partial charge in [0.25, 0.3) is 0 Å². The molecule has 6 nitrogen and oxygen atoms in total. The van der Waals surface area contributed by atoms with E-state index in [1.165, 1.54) is 0 Å². The maximum atomic E-state index is 11.8. The number of amides is 1. The lowest BCUT2D eigenvalue weighted by molar-refractivity contribution is 0.0526. The van der Waals surface area contributed by atoms with E-state index < -0.39 is 17.1 Å². The average Bonchev–Trinajstić information content (AvgIpc) is 2.68. The fraction of sp³-hybridized carbons (Fsp3) is 0.522. The molecule has 0 fully saturated rings. The number of carbonyl (C=O) groups is 1. The Hall–Kier alpha value is -2.81. The molecule has 1 heterocycles. The number of rotatable bonds is 7. The predicted octanol–water partition coefficient (Wildman–Crippen LogP) is 4.89. The first-order valence-electron chi connectivity index (χ1n) is 9.98. The highest BCUT2D eigenvalue weighted by molar-refractivity contribution is 5.81. The number of carbonyl (C=O) groups excluding carboxylic acids is 1. The molecule has 0 bridgehead atoms. The van der Waals surface area contributed by atoms with Gasteiger partial charge in [0, 0.05) is 17.5 Å². The predicted molar refractivity (Wildman–Crippen MR) is 114 cm³/mol. The van der Waals surface area contributed by atoms with Crippen molar-refractivity contribution in [1.29, 1.82) is 5.26 Å². The van der Waals surface area contributed by atoms with E-state index in [1.54, 1.807) is 7.11 Å². The Bertz CT molecular complexity index is 912. The topological polar surface area (TPSA) is 84.2 Å². The Morgan fingerprint density at radius 2 is 1.97 bits per heavy atom. The molecule has 2 aromatic rings. The first-order valence-corrected chi connectivity index (χ1v) is 9.98. The maximum absolute atomic E-state index is 11.8. The number of alkyl carbamates (subject to hydrolysis) is 1. The van der Waals surface area contributed by atoms with Crippen molar-refractivity contribution in [1.82, 2.24) is 10.3 Å². The minimum absolute atomic E-state index is 0.440. The third-order valence-electron chi connectivity index (χ3n) is 4.84. The second-order valence-electron chi connectivity index (χ2n) is 8.39. The van der Waals surface area contributed by atoms with Gasteiger partial charge in [-0.05, 0) is 64.7 Å². The van der Waals surface area contributed by atoms with Gasteiger partial charge in [-0.25, -0.2) is 9.78 Å². The van der Waals surface area contributed by atoms with Gasteiger partial charge in [-0.2, -0.15) is 5.26 Å². The minimum Gasteiger partial charge on any atom is -0.481 e. The standard InChI is InChI=1S/C23H31N3O3/c1-7-16-13-17-9-10-18(14-19(17)26-20(16)28-6)23(5,15-24)11-8-12-25-21(27)29-22(2,3)4/h9-10,13-14H,7-8,11-12H2,1-6H3,(H,25,27). The molecule has 0 aliphatic rings. The maximum Gasteiger partial charge on any atom is 0.407 e. The Kier molecular flexibility index (Phi) is 7.07. The first-order chi connectivity index (χ1) is 13.6. The van der Waals surface area contributed by atoms with Gasteiger partial charge >= 0.3 is 6.09 Å². The molecule has 6 heteroatoms. The number of nitriles is 1. The van der Waals surface area contributed by atoms with Gasteiger partial charge in [-0.15, -0.1) is 0 Å². The zero-order valence-corrected chi connectivity index (χ0v) is 18.3. The van der Waals surface area contributed by atoms with Crippen molar-refractivity contribution in [3.8, 4) is 11.9 Å². The van der Waals surface area contributed by atoms with E-state index in [1.807, 2.05) is 45.9 Å². The van der Waals surface area contributed by atoms with Gasteiger partial charge < -0.3 is 14.8 Å². The lowest BCUT2D eigenvalue weighted by Crippen LogP contribution is -2.33. The summed E-state index contributed by atoms with van der Waals surface area (Å²) in [6.07, 6.45) is 1.67. The summed E-state index contributed by atoms with van der Waals surface area (Å²) in [6.45, 7) is 9.91. The zero-order valence-electron chi connectivity index (χ0n) is 18.3. The molecule has 0 spiro atoms. The van der Waals surface area contributed by atoms with Gasteiger partial charge in [-0.3, -0.25) is 0 Å². The second kappa shape index (κ2) is 9.13. The van der Waals surface area contributed by atoms with E-state index in [-0.39, 0.29) is 0 Å². The summed E-state index contributed by atoms with van der Waals surface area (Å²) in [7, 11) is 1.62. The Morgan fingerprint density at radius 3 is 2.55 bits per heavy atom. The highest BCUT2D eigenvalue weighted by atomic mass is 16.6. The average molecular weight is 398 g/mol. The van der Waals surface area contributed by atoms with Crippen LogP contribution in [-0.2, 0) is 16.6 Å². The number of fused-ring (bicyclic) bond motifs is 1. The Labute approximate surface area is 173 Å². The quantitative estimate of drug-likeness (QED) is 0.672. The van der Waals surface area contributed by atoms with E-state index in [0.717, 1.165) is 28.5 Å². The summed E-state index contributed by atoms with van der Waals surface area (Å²) in [4.78, 5) is 16.4. The van der Waals surface area contributed by atoms with E-state index in [9.17, 15) is 10.1 Å². The number of nitrogens with one attached hydrogen (secondary N) is 1. The molecule has 1 atom stereocenters. The molecule has 1 unspecified atom stereocenters. The fourth-order valence-corrected chi connectivity index (χ4v) is 3.18. The van der Waals surface area contributed by atoms with Crippen LogP contribution in [0, 0.1) is 11.3 Å². The minimum atomic E-state index is -0.678. The van der Waals surface area contributed by atoms with Gasteiger partial charge in [0.1, 0.15) is 5.60 Å². The smallest absolute Gasteiger partial charge is 0.407 e. The monoisotopic (exact) mass is 397 g/mol. The molecule has 1 N–H and O–H groups in total. The number of methoxy groups -OCH3 is 1. The Morgan fingerprint density at radius 1 is 1.24 bits per heavy atom. The highest BCUT2D eigenvalue weighted by Crippen LogP contribution is 2.31. The summed E-state index contributed by atoms with van der Waals surface area (Å²) in [5.41, 5.74) is 1.57. The molecule has 29 heavy (non-hydrogen) atoms. The molecule has 0 saturated heterocycles. The van der Waals surface area contributed by atoms with E-state index in [0.29, 0.717) is 25.3 Å². The van der Waals surface area contributed by atoms with Crippen LogP contribution < -0.4 is 10.1 Å². The number of aryl methyl sites for hydroxylation is 1. The van der Waals surface area contributed by atoms with Crippen molar-refractivity contribution in [2.24, 2.45) is 0 Å². The van der Waals surface area contributed by atoms with Crippen LogP contribution in [-0.4, -0.2) is 30.3 Å². The molecular formula is C23H31N3O3. The van der Waals surface area contributed by atoms with Crippen LogP contribution in [0.4, 0.5) is 4.79 Å². The largest absolute Gasteiger partial charge is 0.481 e. The Balaban J connectivity index is 2.12. The van der Waals surface area contributed by atoms with Crippen LogP contribution in [0.5, 0.6) is 5.88 Å². The number of hydrogen-bond donors (Lipinski definition) is 1. The highest BCUT2D eigenvalue weighted by Gasteiger charge is 2.27. The van der Waals surface area contributed by atoms with Crippen molar-refractivity contribution in [2.75, 3.05) is 13.7 Å². The molecule has 0 saturated carbocycles. The summed E-state index contributed by atoms with van der Waals surface area (Å²) < 4.78 is 10.6. The third kappa shape index (κ3) is 5.83. The van der Waals surface area contributed by atoms with Gasteiger partial charge in [0.05, 0.1) is 24.1 Å². The van der Waals surface area contributed by atoms with Gasteiger partial charge in [0.15, 0.2) is 0 Å². The molecule has 0 aliphatic heterocycles. The summed E-state index contributed by atoms with van der Waals surface area (Å²) in [5.74, 6) is 0.623. The van der Waals surface area contributed by atoms with Crippen LogP contribution >= 0.6 is 0 Å². The molecule has 2 rings (SSSR count). The molecule has 0 radical (unpaired) electrons. The molecule has 0 aliphatic carbocycles. The van der Waals surface area contributed by atoms with E-state index >= 15 is 0 Å². The SMILES string of the molecule is CCc1cc2ccc(C(C)(C#N)CCCNC(=O)OC(C)(C)C)cc2nc1OC. The number of pyridine rings is 1. The zero-order chi connectivity index (χ0) is 21.7. The number of aromatic nitrogens is 1. The lowest BCUT2D eigenvalue weighted by atomic mass is 9.79. The molecular weight excluding hydrogens is 366 g/mol. The second-order valence-corrected chi connectivity index (χ2v) is 8.39. The third-order valence-corrected chi connectivity index (χ3v) is 4.84. The fourth-order valence-electron chi connectivity index (χ4n) is 3.18. The van der Waals surface area contributed by atoms with Crippen LogP contribution in [0.2, 0.25) is 0 Å². The molecule has 156 valence electrons. The van der Waals surface area contributed by atoms with Crippen molar-refractivity contribution < 1.29 is 14.3 Å². The summed E-state index contributed by atoms with van der Waals surface area (Å²) >= 11 is 0. The van der Waals surface area contributed by atoms with Crippen molar-refractivity contribution in [3.05, 3.63) is 35.4 Å². The summed E-state index contributed by atoms with van der Waals surface area (Å²) in [5, 5.41) is 13.6. The van der Waals surface area contributed by atoms with Crippen LogP contribution in [0.15, 0.2) is 24.3 Å².